The number of nitrogens with zero attached hydrogens (tertiary/aromatic N) is 5. The summed E-state index contributed by atoms with van der Waals surface area (Å²) in [5.74, 6) is -0.155. The van der Waals surface area contributed by atoms with Gasteiger partial charge in [-0.15, -0.1) is 5.10 Å². The van der Waals surface area contributed by atoms with Crippen LogP contribution in [0.2, 0.25) is 5.02 Å². The zero-order valence-electron chi connectivity index (χ0n) is 11.6. The maximum absolute atomic E-state index is 12.6. The molecule has 108 valence electrons. The summed E-state index contributed by atoms with van der Waals surface area (Å²) in [5.41, 5.74) is 1.12. The summed E-state index contributed by atoms with van der Waals surface area (Å²) in [4.78, 5) is 15.2. The fourth-order valence-electron chi connectivity index (χ4n) is 1.77. The first-order valence-electron chi connectivity index (χ1n) is 6.26. The number of ketones is 1. The van der Waals surface area contributed by atoms with Crippen molar-refractivity contribution in [3.8, 4) is 0 Å². The zero-order valence-corrected chi connectivity index (χ0v) is 13.2. The fraction of sp³-hybridized carbons (Fsp3) is 0.500. The van der Waals surface area contributed by atoms with Crippen molar-refractivity contribution >= 4 is 28.9 Å². The van der Waals surface area contributed by atoms with E-state index in [9.17, 15) is 4.79 Å². The van der Waals surface area contributed by atoms with Gasteiger partial charge in [-0.2, -0.15) is 5.10 Å². The summed E-state index contributed by atoms with van der Waals surface area (Å²) in [7, 11) is 3.93. The highest BCUT2D eigenvalue weighted by Crippen LogP contribution is 2.22. The molecule has 0 atom stereocenters. The normalized spacial score (nSPS) is 11.2. The van der Waals surface area contributed by atoms with Crippen LogP contribution in [0.1, 0.15) is 28.0 Å². The highest BCUT2D eigenvalue weighted by molar-refractivity contribution is 7.08. The van der Waals surface area contributed by atoms with Gasteiger partial charge in [0.05, 0.1) is 23.5 Å². The van der Waals surface area contributed by atoms with E-state index in [-0.39, 0.29) is 5.78 Å². The van der Waals surface area contributed by atoms with Crippen LogP contribution in [0.4, 0.5) is 0 Å². The Morgan fingerprint density at radius 2 is 2.25 bits per heavy atom. The minimum atomic E-state index is -0.155. The Morgan fingerprint density at radius 3 is 2.90 bits per heavy atom. The highest BCUT2D eigenvalue weighted by atomic mass is 35.5. The number of hydrogen-bond donors (Lipinski definition) is 0. The largest absolute Gasteiger partial charge is 0.308 e. The number of carbonyl (C=O) groups excluding carboxylic acids is 1. The third kappa shape index (κ3) is 3.05. The summed E-state index contributed by atoms with van der Waals surface area (Å²) >= 11 is 7.22. The Balaban J connectivity index is 2.32. The van der Waals surface area contributed by atoms with E-state index in [2.05, 4.69) is 14.7 Å². The van der Waals surface area contributed by atoms with Crippen LogP contribution < -0.4 is 0 Å². The summed E-state index contributed by atoms with van der Waals surface area (Å²) in [6, 6.07) is 0. The maximum Gasteiger partial charge on any atom is 0.226 e. The smallest absolute Gasteiger partial charge is 0.226 e. The molecule has 2 rings (SSSR count). The quantitative estimate of drug-likeness (QED) is 0.760. The molecule has 0 spiro atoms. The van der Waals surface area contributed by atoms with Crippen molar-refractivity contribution < 1.29 is 4.79 Å². The third-order valence-electron chi connectivity index (χ3n) is 2.87. The van der Waals surface area contributed by atoms with E-state index in [1.165, 1.54) is 6.20 Å². The van der Waals surface area contributed by atoms with Gasteiger partial charge >= 0.3 is 0 Å². The molecule has 0 aliphatic heterocycles. The first-order valence-corrected chi connectivity index (χ1v) is 7.41. The lowest BCUT2D eigenvalue weighted by Crippen LogP contribution is -2.21. The highest BCUT2D eigenvalue weighted by Gasteiger charge is 2.23. The second kappa shape index (κ2) is 6.43. The molecule has 6 nitrogen and oxygen atoms in total. The second-order valence-corrected chi connectivity index (χ2v) is 5.76. The third-order valence-corrected chi connectivity index (χ3v) is 3.91. The molecule has 0 saturated heterocycles. The molecule has 20 heavy (non-hydrogen) atoms. The number of halogens is 1. The Bertz CT molecular complexity index is 607. The molecule has 0 aromatic carbocycles. The summed E-state index contributed by atoms with van der Waals surface area (Å²) in [5, 5.41) is 8.51. The topological polar surface area (TPSA) is 63.9 Å². The predicted octanol–water partition coefficient (Wildman–Crippen LogP) is 1.74. The predicted molar refractivity (Wildman–Crippen MR) is 78.5 cm³/mol. The number of aromatic nitrogens is 4. The van der Waals surface area contributed by atoms with Crippen LogP contribution in [0.5, 0.6) is 0 Å². The van der Waals surface area contributed by atoms with Gasteiger partial charge < -0.3 is 4.90 Å². The molecule has 2 heterocycles. The number of carbonyl (C=O) groups is 1. The zero-order chi connectivity index (χ0) is 14.7. The van der Waals surface area contributed by atoms with Gasteiger partial charge in [0.25, 0.3) is 0 Å². The average molecular weight is 314 g/mol. The summed E-state index contributed by atoms with van der Waals surface area (Å²) < 4.78 is 5.49. The van der Waals surface area contributed by atoms with Crippen molar-refractivity contribution in [1.82, 2.24) is 24.3 Å². The van der Waals surface area contributed by atoms with Crippen LogP contribution in [-0.2, 0) is 13.0 Å². The van der Waals surface area contributed by atoms with Gasteiger partial charge in [0.1, 0.15) is 10.6 Å². The number of hydrogen-bond acceptors (Lipinski definition) is 6. The number of aryl methyl sites for hydroxylation is 1. The average Bonchev–Trinajstić information content (AvgIpc) is 3.01. The molecule has 0 fully saturated rings. The number of rotatable bonds is 6. The van der Waals surface area contributed by atoms with E-state index >= 15 is 0 Å². The summed E-state index contributed by atoms with van der Waals surface area (Å²) in [6.45, 7) is 3.33. The van der Waals surface area contributed by atoms with Crippen molar-refractivity contribution in [3.05, 3.63) is 27.5 Å². The maximum atomic E-state index is 12.6. The van der Waals surface area contributed by atoms with Gasteiger partial charge in [0.15, 0.2) is 0 Å². The van der Waals surface area contributed by atoms with Gasteiger partial charge in [-0.25, -0.2) is 0 Å². The van der Waals surface area contributed by atoms with Crippen LogP contribution in [-0.4, -0.2) is 50.7 Å². The Labute approximate surface area is 126 Å². The van der Waals surface area contributed by atoms with Crippen molar-refractivity contribution in [2.24, 2.45) is 0 Å². The monoisotopic (exact) mass is 313 g/mol. The van der Waals surface area contributed by atoms with Gasteiger partial charge in [-0.05, 0) is 32.0 Å². The molecule has 0 radical (unpaired) electrons. The minimum Gasteiger partial charge on any atom is -0.308 e. The lowest BCUT2D eigenvalue weighted by molar-refractivity contribution is 0.103. The fourth-order valence-corrected chi connectivity index (χ4v) is 2.69. The van der Waals surface area contributed by atoms with E-state index in [1.807, 2.05) is 25.9 Å². The lowest BCUT2D eigenvalue weighted by atomic mass is 10.2. The Hall–Kier alpha value is -1.31. The van der Waals surface area contributed by atoms with E-state index in [0.29, 0.717) is 34.3 Å². The second-order valence-electron chi connectivity index (χ2n) is 4.60. The van der Waals surface area contributed by atoms with Crippen molar-refractivity contribution in [1.29, 1.82) is 0 Å². The Morgan fingerprint density at radius 1 is 1.50 bits per heavy atom. The van der Waals surface area contributed by atoms with Gasteiger partial charge in [0.2, 0.25) is 5.78 Å². The summed E-state index contributed by atoms with van der Waals surface area (Å²) in [6.07, 6.45) is 2.17. The minimum absolute atomic E-state index is 0.155. The molecule has 0 N–H and O–H groups in total. The molecule has 0 aliphatic rings. The standard InChI is InChI=1S/C12H16ClN5OS/c1-4-9-12(20-16-15-9)11(19)10-8(13)7-14-18(10)6-5-17(2)3/h7H,4-6H2,1-3H3. The first kappa shape index (κ1) is 15.1. The van der Waals surface area contributed by atoms with Crippen molar-refractivity contribution in [2.45, 2.75) is 19.9 Å². The molecule has 0 bridgehead atoms. The molecular weight excluding hydrogens is 298 g/mol. The van der Waals surface area contributed by atoms with Crippen LogP contribution in [0, 0.1) is 0 Å². The van der Waals surface area contributed by atoms with Crippen molar-refractivity contribution in [2.75, 3.05) is 20.6 Å². The molecule has 0 aliphatic carbocycles. The van der Waals surface area contributed by atoms with Crippen LogP contribution in [0.3, 0.4) is 0 Å². The van der Waals surface area contributed by atoms with E-state index < -0.39 is 0 Å². The van der Waals surface area contributed by atoms with Gasteiger partial charge in [-0.3, -0.25) is 9.48 Å². The molecule has 2 aromatic heterocycles. The molecular formula is C12H16ClN5OS. The van der Waals surface area contributed by atoms with E-state index in [4.69, 9.17) is 11.6 Å². The van der Waals surface area contributed by atoms with E-state index in [0.717, 1.165) is 18.1 Å². The van der Waals surface area contributed by atoms with Crippen LogP contribution in [0.15, 0.2) is 6.20 Å². The van der Waals surface area contributed by atoms with Crippen molar-refractivity contribution in [3.63, 3.8) is 0 Å². The van der Waals surface area contributed by atoms with Crippen LogP contribution >= 0.6 is 23.1 Å². The number of likely N-dealkylation sites (N-methyl/N-ethyl adjacent to an activating group) is 1. The Kier molecular flexibility index (Phi) is 4.85. The van der Waals surface area contributed by atoms with Gasteiger partial charge in [-0.1, -0.05) is 23.0 Å². The molecule has 0 saturated carbocycles. The molecule has 0 unspecified atom stereocenters. The molecule has 8 heteroatoms. The first-order chi connectivity index (χ1) is 9.54. The lowest BCUT2D eigenvalue weighted by Gasteiger charge is -2.11. The van der Waals surface area contributed by atoms with Crippen LogP contribution in [0.25, 0.3) is 0 Å². The van der Waals surface area contributed by atoms with E-state index in [1.54, 1.807) is 4.68 Å². The molecule has 0 amide bonds. The SMILES string of the molecule is CCc1nnsc1C(=O)c1c(Cl)cnn1CCN(C)C. The van der Waals surface area contributed by atoms with Gasteiger partial charge in [0, 0.05) is 6.54 Å². The molecule has 2 aromatic rings.